The molecule has 2 aromatic rings. The molecule has 3 rings (SSSR count). The van der Waals surface area contributed by atoms with E-state index in [4.69, 9.17) is 14.7 Å². The van der Waals surface area contributed by atoms with Crippen molar-refractivity contribution in [3.05, 3.63) is 53.6 Å². The van der Waals surface area contributed by atoms with Crippen molar-refractivity contribution in [2.75, 3.05) is 19.5 Å². The van der Waals surface area contributed by atoms with Gasteiger partial charge < -0.3 is 14.8 Å². The molecule has 146 valence electrons. The molecular weight excluding hydrogens is 352 g/mol. The highest BCUT2D eigenvalue weighted by molar-refractivity contribution is 5.90. The van der Waals surface area contributed by atoms with Gasteiger partial charge in [-0.05, 0) is 73.4 Å². The van der Waals surface area contributed by atoms with Gasteiger partial charge in [-0.2, -0.15) is 5.26 Å². The Morgan fingerprint density at radius 2 is 1.79 bits per heavy atom. The van der Waals surface area contributed by atoms with Gasteiger partial charge in [0.1, 0.15) is 11.5 Å². The number of amides is 1. The highest BCUT2D eigenvalue weighted by atomic mass is 16.5. The van der Waals surface area contributed by atoms with Gasteiger partial charge in [-0.15, -0.1) is 0 Å². The van der Waals surface area contributed by atoms with E-state index in [1.54, 1.807) is 38.5 Å². The van der Waals surface area contributed by atoms with Gasteiger partial charge in [0.2, 0.25) is 5.91 Å². The van der Waals surface area contributed by atoms with Crippen molar-refractivity contribution >= 4 is 11.6 Å². The highest BCUT2D eigenvalue weighted by Crippen LogP contribution is 2.41. The second-order valence-electron chi connectivity index (χ2n) is 7.27. The molecule has 5 nitrogen and oxygen atoms in total. The third kappa shape index (κ3) is 4.83. The van der Waals surface area contributed by atoms with Crippen molar-refractivity contribution in [2.45, 2.75) is 38.0 Å². The molecule has 28 heavy (non-hydrogen) atoms. The predicted octanol–water partition coefficient (Wildman–Crippen LogP) is 4.88. The van der Waals surface area contributed by atoms with E-state index in [2.05, 4.69) is 17.5 Å². The van der Waals surface area contributed by atoms with Crippen molar-refractivity contribution in [3.63, 3.8) is 0 Å². The zero-order chi connectivity index (χ0) is 19.9. The van der Waals surface area contributed by atoms with E-state index in [9.17, 15) is 4.79 Å². The minimum absolute atomic E-state index is 0.0372. The molecule has 0 aliphatic heterocycles. The van der Waals surface area contributed by atoms with Crippen molar-refractivity contribution in [1.82, 2.24) is 0 Å². The van der Waals surface area contributed by atoms with E-state index in [-0.39, 0.29) is 5.91 Å². The van der Waals surface area contributed by atoms with Gasteiger partial charge >= 0.3 is 0 Å². The first-order chi connectivity index (χ1) is 13.6. The normalized spacial score (nSPS) is 18.8. The zero-order valence-corrected chi connectivity index (χ0v) is 16.4. The number of methoxy groups -OCH3 is 2. The summed E-state index contributed by atoms with van der Waals surface area (Å²) in [5.41, 5.74) is 2.55. The van der Waals surface area contributed by atoms with E-state index >= 15 is 0 Å². The Balaban J connectivity index is 1.52. The van der Waals surface area contributed by atoms with Gasteiger partial charge in [0, 0.05) is 18.2 Å². The maximum absolute atomic E-state index is 12.3. The molecule has 1 aliphatic rings. The van der Waals surface area contributed by atoms with E-state index < -0.39 is 0 Å². The van der Waals surface area contributed by atoms with Crippen LogP contribution in [0.3, 0.4) is 0 Å². The monoisotopic (exact) mass is 378 g/mol. The summed E-state index contributed by atoms with van der Waals surface area (Å²) in [6.45, 7) is 0. The van der Waals surface area contributed by atoms with Crippen LogP contribution in [0.5, 0.6) is 11.5 Å². The van der Waals surface area contributed by atoms with Gasteiger partial charge in [-0.3, -0.25) is 4.79 Å². The second kappa shape index (κ2) is 9.27. The van der Waals surface area contributed by atoms with Gasteiger partial charge in [-0.1, -0.05) is 6.07 Å². The fourth-order valence-electron chi connectivity index (χ4n) is 3.94. The Morgan fingerprint density at radius 3 is 2.39 bits per heavy atom. The smallest absolute Gasteiger partial charge is 0.224 e. The van der Waals surface area contributed by atoms with E-state index in [0.29, 0.717) is 23.8 Å². The maximum atomic E-state index is 12.3. The molecule has 0 bridgehead atoms. The summed E-state index contributed by atoms with van der Waals surface area (Å²) >= 11 is 0. The lowest BCUT2D eigenvalue weighted by atomic mass is 9.77. The topological polar surface area (TPSA) is 71.3 Å². The van der Waals surface area contributed by atoms with Crippen LogP contribution in [0.4, 0.5) is 5.69 Å². The third-order valence-electron chi connectivity index (χ3n) is 5.50. The molecule has 0 radical (unpaired) electrons. The van der Waals surface area contributed by atoms with Crippen LogP contribution in [0, 0.1) is 17.2 Å². The molecule has 1 aliphatic carbocycles. The number of nitriles is 1. The summed E-state index contributed by atoms with van der Waals surface area (Å²) in [7, 11) is 3.35. The Hall–Kier alpha value is -3.00. The summed E-state index contributed by atoms with van der Waals surface area (Å²) < 4.78 is 10.8. The van der Waals surface area contributed by atoms with Crippen molar-refractivity contribution in [2.24, 2.45) is 5.92 Å². The lowest BCUT2D eigenvalue weighted by Crippen LogP contribution is -2.20. The summed E-state index contributed by atoms with van der Waals surface area (Å²) in [4.78, 5) is 12.3. The van der Waals surface area contributed by atoms with Crippen LogP contribution >= 0.6 is 0 Å². The summed E-state index contributed by atoms with van der Waals surface area (Å²) in [5, 5.41) is 11.8. The Bertz CT molecular complexity index is 847. The molecule has 1 amide bonds. The SMILES string of the molecule is COc1ccc([C@H]2CC[C@@H](CC(=O)Nc3ccc(C#N)cc3)CC2)c(OC)c1. The molecule has 0 aromatic heterocycles. The van der Waals surface area contributed by atoms with Crippen LogP contribution in [-0.4, -0.2) is 20.1 Å². The summed E-state index contributed by atoms with van der Waals surface area (Å²) in [6.07, 6.45) is 4.70. The number of anilines is 1. The van der Waals surface area contributed by atoms with Crippen LogP contribution in [-0.2, 0) is 4.79 Å². The molecule has 0 spiro atoms. The third-order valence-corrected chi connectivity index (χ3v) is 5.50. The number of hydrogen-bond acceptors (Lipinski definition) is 4. The predicted molar refractivity (Wildman–Crippen MR) is 109 cm³/mol. The van der Waals surface area contributed by atoms with E-state index in [1.807, 2.05) is 12.1 Å². The minimum atomic E-state index is 0.0372. The van der Waals surface area contributed by atoms with Crippen LogP contribution in [0.15, 0.2) is 42.5 Å². The lowest BCUT2D eigenvalue weighted by molar-refractivity contribution is -0.117. The van der Waals surface area contributed by atoms with E-state index in [1.165, 1.54) is 5.56 Å². The molecule has 5 heteroatoms. The van der Waals surface area contributed by atoms with E-state index in [0.717, 1.165) is 42.9 Å². The average Bonchev–Trinajstić information content (AvgIpc) is 2.74. The summed E-state index contributed by atoms with van der Waals surface area (Å²) in [6, 6.07) is 15.0. The molecule has 1 saturated carbocycles. The van der Waals surface area contributed by atoms with Gasteiger partial charge in [0.15, 0.2) is 0 Å². The Kier molecular flexibility index (Phi) is 6.54. The van der Waals surface area contributed by atoms with Crippen LogP contribution in [0.2, 0.25) is 0 Å². The van der Waals surface area contributed by atoms with Crippen LogP contribution in [0.25, 0.3) is 0 Å². The zero-order valence-electron chi connectivity index (χ0n) is 16.4. The Morgan fingerprint density at radius 1 is 1.07 bits per heavy atom. The van der Waals surface area contributed by atoms with Crippen molar-refractivity contribution in [1.29, 1.82) is 5.26 Å². The Labute approximate surface area is 166 Å². The largest absolute Gasteiger partial charge is 0.497 e. The molecule has 0 atom stereocenters. The molecular formula is C23H26N2O3. The number of hydrogen-bond donors (Lipinski definition) is 1. The summed E-state index contributed by atoms with van der Waals surface area (Å²) in [5.74, 6) is 2.57. The molecule has 0 saturated heterocycles. The lowest BCUT2D eigenvalue weighted by Gasteiger charge is -2.29. The first kappa shape index (κ1) is 19.8. The molecule has 0 heterocycles. The van der Waals surface area contributed by atoms with Crippen molar-refractivity contribution in [3.8, 4) is 17.6 Å². The number of ether oxygens (including phenoxy) is 2. The number of benzene rings is 2. The van der Waals surface area contributed by atoms with Gasteiger partial charge in [0.05, 0.1) is 25.9 Å². The first-order valence-corrected chi connectivity index (χ1v) is 9.65. The average molecular weight is 378 g/mol. The molecule has 0 unspecified atom stereocenters. The highest BCUT2D eigenvalue weighted by Gasteiger charge is 2.26. The molecule has 2 aromatic carbocycles. The number of carbonyl (C=O) groups excluding carboxylic acids is 1. The first-order valence-electron chi connectivity index (χ1n) is 9.65. The van der Waals surface area contributed by atoms with Crippen LogP contribution < -0.4 is 14.8 Å². The number of rotatable bonds is 6. The quantitative estimate of drug-likeness (QED) is 0.778. The van der Waals surface area contributed by atoms with Crippen LogP contribution in [0.1, 0.15) is 49.1 Å². The second-order valence-corrected chi connectivity index (χ2v) is 7.27. The fraction of sp³-hybridized carbons (Fsp3) is 0.391. The van der Waals surface area contributed by atoms with Gasteiger partial charge in [0.25, 0.3) is 0 Å². The fourth-order valence-corrected chi connectivity index (χ4v) is 3.94. The number of carbonyl (C=O) groups is 1. The van der Waals surface area contributed by atoms with Gasteiger partial charge in [-0.25, -0.2) is 0 Å². The molecule has 1 fully saturated rings. The maximum Gasteiger partial charge on any atom is 0.224 e. The minimum Gasteiger partial charge on any atom is -0.497 e. The number of nitrogens with one attached hydrogen (secondary N) is 1. The van der Waals surface area contributed by atoms with Crippen molar-refractivity contribution < 1.29 is 14.3 Å². The molecule has 1 N–H and O–H groups in total. The number of nitrogens with zero attached hydrogens (tertiary/aromatic N) is 1. The standard InChI is InChI=1S/C23H26N2O3/c1-27-20-11-12-21(22(14-20)28-2)18-7-3-16(4-8-18)13-23(26)25-19-9-5-17(15-24)6-10-19/h5-6,9-12,14,16,18H,3-4,7-8,13H2,1-2H3,(H,25,26)/t16-,18+.